The number of aryl methyl sites for hydroxylation is 2. The van der Waals surface area contributed by atoms with E-state index in [4.69, 9.17) is 5.73 Å². The van der Waals surface area contributed by atoms with E-state index in [9.17, 15) is 9.59 Å². The first kappa shape index (κ1) is 19.4. The summed E-state index contributed by atoms with van der Waals surface area (Å²) in [4.78, 5) is 39.0. The third kappa shape index (κ3) is 3.99. The Hall–Kier alpha value is -2.94. The lowest BCUT2D eigenvalue weighted by Gasteiger charge is -2.06. The van der Waals surface area contributed by atoms with Crippen molar-refractivity contribution in [2.45, 2.75) is 26.3 Å². The van der Waals surface area contributed by atoms with Gasteiger partial charge in [-0.2, -0.15) is 0 Å². The summed E-state index contributed by atoms with van der Waals surface area (Å²) in [5.74, 6) is 0.187. The summed E-state index contributed by atoms with van der Waals surface area (Å²) in [6, 6.07) is 3.77. The van der Waals surface area contributed by atoms with Gasteiger partial charge in [0.1, 0.15) is 11.3 Å². The van der Waals surface area contributed by atoms with Crippen molar-refractivity contribution in [2.75, 3.05) is 12.8 Å². The van der Waals surface area contributed by atoms with Gasteiger partial charge in [0.05, 0.1) is 20.1 Å². The number of aromatic nitrogens is 5. The van der Waals surface area contributed by atoms with Gasteiger partial charge in [0, 0.05) is 18.3 Å². The monoisotopic (exact) mass is 378 g/mol. The molecule has 26 heavy (non-hydrogen) atoms. The highest BCUT2D eigenvalue weighted by Gasteiger charge is 2.15. The van der Waals surface area contributed by atoms with Gasteiger partial charge < -0.3 is 15.5 Å². The lowest BCUT2D eigenvalue weighted by molar-refractivity contribution is -0.140. The highest BCUT2D eigenvalue weighted by molar-refractivity contribution is 5.85. The number of H-pyrrole nitrogens is 1. The number of rotatable bonds is 5. The Morgan fingerprint density at radius 3 is 2.77 bits per heavy atom. The van der Waals surface area contributed by atoms with Crippen molar-refractivity contribution in [2.24, 2.45) is 0 Å². The lowest BCUT2D eigenvalue weighted by Crippen LogP contribution is -2.18. The Kier molecular flexibility index (Phi) is 5.93. The van der Waals surface area contributed by atoms with Gasteiger partial charge in [-0.3, -0.25) is 14.3 Å². The van der Waals surface area contributed by atoms with Crippen LogP contribution in [0.25, 0.3) is 11.2 Å². The van der Waals surface area contributed by atoms with Gasteiger partial charge in [-0.05, 0) is 18.6 Å². The maximum atomic E-state index is 12.3. The molecule has 0 saturated carbocycles. The number of hydrogen-bond acceptors (Lipinski definition) is 7. The molecule has 0 unspecified atom stereocenters. The minimum absolute atomic E-state index is 0. The van der Waals surface area contributed by atoms with Crippen molar-refractivity contribution in [3.8, 4) is 0 Å². The Balaban J connectivity index is 0.00000243. The molecule has 3 aromatic heterocycles. The highest BCUT2D eigenvalue weighted by Crippen LogP contribution is 2.16. The fourth-order valence-electron chi connectivity index (χ4n) is 2.45. The Labute approximate surface area is 155 Å². The molecular weight excluding hydrogens is 360 g/mol. The van der Waals surface area contributed by atoms with Crippen molar-refractivity contribution < 1.29 is 9.53 Å². The molecule has 0 amide bonds. The number of aromatic amines is 1. The molecule has 0 aromatic carbocycles. The number of esters is 1. The quantitative estimate of drug-likeness (QED) is 0.633. The van der Waals surface area contributed by atoms with Crippen LogP contribution in [0.4, 0.5) is 5.82 Å². The molecule has 138 valence electrons. The SMILES string of the molecule is COC(=O)CCc1nc(N)c2[nH]c(=O)n(Cc3ccc(C)nc3)c2n1.Cl. The van der Waals surface area contributed by atoms with Crippen LogP contribution in [0.3, 0.4) is 0 Å². The van der Waals surface area contributed by atoms with Crippen LogP contribution in [-0.4, -0.2) is 37.6 Å². The second kappa shape index (κ2) is 7.96. The van der Waals surface area contributed by atoms with Gasteiger partial charge in [0.25, 0.3) is 0 Å². The molecule has 3 aromatic rings. The number of imidazole rings is 1. The van der Waals surface area contributed by atoms with Gasteiger partial charge in [-0.25, -0.2) is 14.8 Å². The standard InChI is InChI=1S/C16H18N6O3.ClH/c1-9-3-4-10(7-18-9)8-22-15-13(21-16(22)24)14(17)19-11(20-15)5-6-12(23)25-2;/h3-4,7H,5-6,8H2,1-2H3,(H,21,24)(H2,17,19,20);1H. The van der Waals surface area contributed by atoms with Gasteiger partial charge in [0.15, 0.2) is 11.5 Å². The first-order chi connectivity index (χ1) is 12.0. The van der Waals surface area contributed by atoms with E-state index in [1.54, 1.807) is 6.20 Å². The van der Waals surface area contributed by atoms with E-state index in [1.807, 2.05) is 19.1 Å². The Bertz CT molecular complexity index is 980. The van der Waals surface area contributed by atoms with Crippen LogP contribution in [0.15, 0.2) is 23.1 Å². The summed E-state index contributed by atoms with van der Waals surface area (Å²) in [5, 5.41) is 0. The topological polar surface area (TPSA) is 129 Å². The van der Waals surface area contributed by atoms with Crippen molar-refractivity contribution >= 4 is 35.4 Å². The van der Waals surface area contributed by atoms with Crippen molar-refractivity contribution in [3.05, 3.63) is 45.9 Å². The van der Waals surface area contributed by atoms with Crippen LogP contribution in [-0.2, 0) is 22.5 Å². The summed E-state index contributed by atoms with van der Waals surface area (Å²) < 4.78 is 6.09. The van der Waals surface area contributed by atoms with Crippen LogP contribution in [0.1, 0.15) is 23.5 Å². The van der Waals surface area contributed by atoms with Crippen molar-refractivity contribution in [1.29, 1.82) is 0 Å². The largest absolute Gasteiger partial charge is 0.469 e. The van der Waals surface area contributed by atoms with Gasteiger partial charge in [-0.1, -0.05) is 6.07 Å². The third-order valence-electron chi connectivity index (χ3n) is 3.79. The Morgan fingerprint density at radius 1 is 1.35 bits per heavy atom. The van der Waals surface area contributed by atoms with E-state index in [1.165, 1.54) is 11.7 Å². The van der Waals surface area contributed by atoms with Gasteiger partial charge in [0.2, 0.25) is 0 Å². The zero-order valence-corrected chi connectivity index (χ0v) is 15.2. The molecule has 0 fully saturated rings. The molecule has 3 N–H and O–H groups in total. The van der Waals surface area contributed by atoms with Crippen molar-refractivity contribution in [1.82, 2.24) is 24.5 Å². The molecule has 3 heterocycles. The summed E-state index contributed by atoms with van der Waals surface area (Å²) in [7, 11) is 1.32. The number of nitrogen functional groups attached to an aromatic ring is 1. The second-order valence-corrected chi connectivity index (χ2v) is 5.62. The average Bonchev–Trinajstić information content (AvgIpc) is 2.91. The number of carbonyl (C=O) groups is 1. The number of methoxy groups -OCH3 is 1. The van der Waals surface area contributed by atoms with E-state index < -0.39 is 0 Å². The molecule has 0 aliphatic carbocycles. The first-order valence-corrected chi connectivity index (χ1v) is 7.71. The number of pyridine rings is 1. The minimum atomic E-state index is -0.362. The van der Waals surface area contributed by atoms with E-state index in [0.29, 0.717) is 23.5 Å². The second-order valence-electron chi connectivity index (χ2n) is 5.62. The van der Waals surface area contributed by atoms with E-state index in [0.717, 1.165) is 11.3 Å². The summed E-state index contributed by atoms with van der Waals surface area (Å²) in [5.41, 5.74) is 8.14. The molecule has 0 aliphatic rings. The number of carbonyl (C=O) groups excluding carboxylic acids is 1. The number of ether oxygens (including phenoxy) is 1. The first-order valence-electron chi connectivity index (χ1n) is 7.71. The molecule has 0 bridgehead atoms. The van der Waals surface area contributed by atoms with Crippen molar-refractivity contribution in [3.63, 3.8) is 0 Å². The molecule has 3 rings (SSSR count). The molecule has 9 nitrogen and oxygen atoms in total. The maximum absolute atomic E-state index is 12.3. The van der Waals surface area contributed by atoms with E-state index >= 15 is 0 Å². The predicted octanol–water partition coefficient (Wildman–Crippen LogP) is 0.981. The number of nitrogens with one attached hydrogen (secondary N) is 1. The van der Waals surface area contributed by atoms with Crippen LogP contribution < -0.4 is 11.4 Å². The molecule has 0 saturated heterocycles. The number of fused-ring (bicyclic) bond motifs is 1. The number of hydrogen-bond donors (Lipinski definition) is 2. The zero-order valence-electron chi connectivity index (χ0n) is 14.4. The van der Waals surface area contributed by atoms with E-state index in [2.05, 4.69) is 24.7 Å². The van der Waals surface area contributed by atoms with Gasteiger partial charge in [-0.15, -0.1) is 12.4 Å². The fraction of sp³-hybridized carbons (Fsp3) is 0.312. The predicted molar refractivity (Wildman–Crippen MR) is 98.2 cm³/mol. The molecular formula is C16H19ClN6O3. The Morgan fingerprint density at radius 2 is 2.12 bits per heavy atom. The van der Waals surface area contributed by atoms with Crippen LogP contribution >= 0.6 is 12.4 Å². The molecule has 0 spiro atoms. The van der Waals surface area contributed by atoms with Crippen LogP contribution in [0.5, 0.6) is 0 Å². The normalized spacial score (nSPS) is 10.5. The summed E-state index contributed by atoms with van der Waals surface area (Å²) in [6.07, 6.45) is 2.12. The molecule has 0 aliphatic heterocycles. The molecule has 0 radical (unpaired) electrons. The van der Waals surface area contributed by atoms with E-state index in [-0.39, 0.29) is 42.7 Å². The molecule has 10 heteroatoms. The number of halogens is 1. The number of nitrogens with zero attached hydrogens (tertiary/aromatic N) is 4. The number of anilines is 1. The third-order valence-corrected chi connectivity index (χ3v) is 3.79. The highest BCUT2D eigenvalue weighted by atomic mass is 35.5. The summed E-state index contributed by atoms with van der Waals surface area (Å²) >= 11 is 0. The molecule has 0 atom stereocenters. The van der Waals surface area contributed by atoms with Gasteiger partial charge >= 0.3 is 11.7 Å². The minimum Gasteiger partial charge on any atom is -0.469 e. The zero-order chi connectivity index (χ0) is 18.0. The smallest absolute Gasteiger partial charge is 0.328 e. The lowest BCUT2D eigenvalue weighted by atomic mass is 10.2. The average molecular weight is 379 g/mol. The maximum Gasteiger partial charge on any atom is 0.328 e. The number of nitrogens with two attached hydrogens (primary N) is 1. The summed E-state index contributed by atoms with van der Waals surface area (Å²) in [6.45, 7) is 2.20. The van der Waals surface area contributed by atoms with Crippen LogP contribution in [0.2, 0.25) is 0 Å². The van der Waals surface area contributed by atoms with Crippen LogP contribution in [0, 0.1) is 6.92 Å². The fourth-order valence-corrected chi connectivity index (χ4v) is 2.45.